The van der Waals surface area contributed by atoms with Crippen LogP contribution < -0.4 is 19.1 Å². The van der Waals surface area contributed by atoms with Gasteiger partial charge in [0, 0.05) is 5.56 Å². The fourth-order valence-electron chi connectivity index (χ4n) is 4.26. The second-order valence-corrected chi connectivity index (χ2v) is 13.0. The summed E-state index contributed by atoms with van der Waals surface area (Å²) in [4.78, 5) is 12.6. The minimum Gasteiger partial charge on any atom is -0.492 e. The van der Waals surface area contributed by atoms with Crippen molar-refractivity contribution in [2.24, 2.45) is 0 Å². The number of rotatable bonds is 12. The van der Waals surface area contributed by atoms with Gasteiger partial charge < -0.3 is 14.8 Å². The van der Waals surface area contributed by atoms with E-state index in [-0.39, 0.29) is 17.9 Å². The Morgan fingerprint density at radius 2 is 1.36 bits per heavy atom. The third kappa shape index (κ3) is 8.85. The molecule has 0 saturated heterocycles. The molecule has 4 aromatic carbocycles. The predicted octanol–water partition coefficient (Wildman–Crippen LogP) is 6.34. The monoisotopic (exact) mass is 586 g/mol. The fraction of sp³-hybridized carbons (Fsp3) is 0.265. The zero-order valence-corrected chi connectivity index (χ0v) is 25.4. The third-order valence-corrected chi connectivity index (χ3v) is 7.83. The second kappa shape index (κ2) is 13.6. The first kappa shape index (κ1) is 30.7. The largest absolute Gasteiger partial charge is 0.492 e. The van der Waals surface area contributed by atoms with Crippen LogP contribution in [0.3, 0.4) is 0 Å². The Kier molecular flexibility index (Phi) is 9.91. The lowest BCUT2D eigenvalue weighted by Crippen LogP contribution is -2.29. The molecule has 220 valence electrons. The summed E-state index contributed by atoms with van der Waals surface area (Å²) in [7, 11) is -3.56. The molecule has 42 heavy (non-hydrogen) atoms. The molecule has 0 aliphatic rings. The van der Waals surface area contributed by atoms with Crippen LogP contribution in [0.15, 0.2) is 103 Å². The molecule has 0 unspecified atom stereocenters. The quantitative estimate of drug-likeness (QED) is 0.196. The molecular formula is C34H38N2O5S. The van der Waals surface area contributed by atoms with Crippen molar-refractivity contribution in [2.45, 2.75) is 39.3 Å². The van der Waals surface area contributed by atoms with E-state index in [9.17, 15) is 13.2 Å². The number of hydrogen-bond acceptors (Lipinski definition) is 5. The van der Waals surface area contributed by atoms with Crippen molar-refractivity contribution in [3.63, 3.8) is 0 Å². The van der Waals surface area contributed by atoms with Crippen molar-refractivity contribution in [1.82, 2.24) is 5.32 Å². The van der Waals surface area contributed by atoms with Gasteiger partial charge >= 0.3 is 0 Å². The molecule has 4 rings (SSSR count). The van der Waals surface area contributed by atoms with E-state index < -0.39 is 10.0 Å². The van der Waals surface area contributed by atoms with Crippen LogP contribution in [0.4, 0.5) is 5.69 Å². The summed E-state index contributed by atoms with van der Waals surface area (Å²) in [6.45, 7) is 7.74. The molecule has 8 heteroatoms. The van der Waals surface area contributed by atoms with Gasteiger partial charge in [-0.2, -0.15) is 0 Å². The summed E-state index contributed by atoms with van der Waals surface area (Å²) in [5.74, 6) is 1.18. The van der Waals surface area contributed by atoms with Gasteiger partial charge in [-0.25, -0.2) is 8.42 Å². The molecular weight excluding hydrogens is 548 g/mol. The van der Waals surface area contributed by atoms with Gasteiger partial charge in [-0.3, -0.25) is 9.10 Å². The van der Waals surface area contributed by atoms with E-state index in [1.54, 1.807) is 48.5 Å². The highest BCUT2D eigenvalue weighted by Crippen LogP contribution is 2.25. The Morgan fingerprint density at radius 3 is 1.95 bits per heavy atom. The smallest absolute Gasteiger partial charge is 0.251 e. The molecule has 0 saturated carbocycles. The minimum absolute atomic E-state index is 0.0783. The van der Waals surface area contributed by atoms with Gasteiger partial charge in [0.2, 0.25) is 10.0 Å². The van der Waals surface area contributed by atoms with E-state index >= 15 is 0 Å². The lowest BCUT2D eigenvalue weighted by Gasteiger charge is -2.23. The Morgan fingerprint density at radius 1 is 0.762 bits per heavy atom. The van der Waals surface area contributed by atoms with E-state index in [1.165, 1.54) is 16.1 Å². The number of ether oxygens (including phenoxy) is 2. The van der Waals surface area contributed by atoms with Crippen LogP contribution in [-0.2, 0) is 28.6 Å². The van der Waals surface area contributed by atoms with Crippen molar-refractivity contribution < 1.29 is 22.7 Å². The van der Waals surface area contributed by atoms with E-state index in [2.05, 4.69) is 38.2 Å². The van der Waals surface area contributed by atoms with Gasteiger partial charge in [-0.1, -0.05) is 75.4 Å². The highest BCUT2D eigenvalue weighted by molar-refractivity contribution is 7.92. The van der Waals surface area contributed by atoms with Gasteiger partial charge in [0.15, 0.2) is 0 Å². The van der Waals surface area contributed by atoms with Crippen molar-refractivity contribution in [1.29, 1.82) is 0 Å². The lowest BCUT2D eigenvalue weighted by atomic mass is 9.87. The first-order valence-electron chi connectivity index (χ1n) is 13.8. The Balaban J connectivity index is 1.29. The van der Waals surface area contributed by atoms with Gasteiger partial charge in [0.25, 0.3) is 5.91 Å². The summed E-state index contributed by atoms with van der Waals surface area (Å²) < 4.78 is 38.2. The van der Waals surface area contributed by atoms with E-state index in [4.69, 9.17) is 9.47 Å². The molecule has 0 fully saturated rings. The summed E-state index contributed by atoms with van der Waals surface area (Å²) in [6.07, 6.45) is 1.18. The Bertz CT molecular complexity index is 1550. The number of hydrogen-bond donors (Lipinski definition) is 1. The number of nitrogens with one attached hydrogen (secondary N) is 1. The van der Waals surface area contributed by atoms with Crippen molar-refractivity contribution in [3.8, 4) is 11.5 Å². The van der Waals surface area contributed by atoms with Crippen LogP contribution in [0.25, 0.3) is 0 Å². The maximum absolute atomic E-state index is 12.6. The SMILES string of the molecule is CC(C)(C)c1ccc(OCCNC(=O)c2ccc(CN(c3ccc(OCc4ccccc4)cc3)S(C)(=O)=O)cc2)cc1. The Hall–Kier alpha value is -4.30. The minimum atomic E-state index is -3.56. The van der Waals surface area contributed by atoms with Crippen molar-refractivity contribution in [3.05, 3.63) is 125 Å². The molecule has 0 aliphatic carbocycles. The summed E-state index contributed by atoms with van der Waals surface area (Å²) in [5.41, 5.74) is 4.12. The molecule has 0 radical (unpaired) electrons. The van der Waals surface area contributed by atoms with Crippen LogP contribution >= 0.6 is 0 Å². The van der Waals surface area contributed by atoms with Crippen LogP contribution in [0, 0.1) is 0 Å². The molecule has 1 amide bonds. The second-order valence-electron chi connectivity index (χ2n) is 11.1. The molecule has 0 bridgehead atoms. The summed E-state index contributed by atoms with van der Waals surface area (Å²) >= 11 is 0. The first-order valence-corrected chi connectivity index (χ1v) is 15.7. The van der Waals surface area contributed by atoms with Gasteiger partial charge in [0.05, 0.1) is 25.0 Å². The zero-order valence-electron chi connectivity index (χ0n) is 24.5. The predicted molar refractivity (Wildman–Crippen MR) is 168 cm³/mol. The number of nitrogens with zero attached hydrogens (tertiary/aromatic N) is 1. The number of carbonyl (C=O) groups excluding carboxylic acids is 1. The van der Waals surface area contributed by atoms with Gasteiger partial charge in [0.1, 0.15) is 24.7 Å². The van der Waals surface area contributed by atoms with E-state index in [0.717, 1.165) is 16.9 Å². The van der Waals surface area contributed by atoms with Crippen molar-refractivity contribution >= 4 is 21.6 Å². The van der Waals surface area contributed by atoms with Crippen molar-refractivity contribution in [2.75, 3.05) is 23.7 Å². The molecule has 1 N–H and O–H groups in total. The highest BCUT2D eigenvalue weighted by Gasteiger charge is 2.18. The molecule has 0 spiro atoms. The van der Waals surface area contributed by atoms with E-state index in [0.29, 0.717) is 36.8 Å². The van der Waals surface area contributed by atoms with Crippen LogP contribution in [0.1, 0.15) is 47.8 Å². The standard InChI is InChI=1S/C34H38N2O5S/c1-34(2,3)29-14-18-31(19-15-29)40-23-22-35-33(37)28-12-10-26(11-13-28)24-36(42(4,38)39)30-16-20-32(21-17-30)41-25-27-8-6-5-7-9-27/h5-21H,22-25H2,1-4H3,(H,35,37). The molecule has 4 aromatic rings. The fourth-order valence-corrected chi connectivity index (χ4v) is 5.15. The maximum atomic E-state index is 12.6. The number of sulfonamides is 1. The van der Waals surface area contributed by atoms with Gasteiger partial charge in [-0.15, -0.1) is 0 Å². The zero-order chi connectivity index (χ0) is 30.2. The Labute approximate surface area is 249 Å². The number of anilines is 1. The van der Waals surface area contributed by atoms with Crippen LogP contribution in [-0.4, -0.2) is 33.7 Å². The number of carbonyl (C=O) groups is 1. The average Bonchev–Trinajstić information content (AvgIpc) is 2.97. The summed E-state index contributed by atoms with van der Waals surface area (Å²) in [6, 6.07) is 31.7. The highest BCUT2D eigenvalue weighted by atomic mass is 32.2. The normalized spacial score (nSPS) is 11.5. The molecule has 0 aliphatic heterocycles. The average molecular weight is 587 g/mol. The third-order valence-electron chi connectivity index (χ3n) is 6.69. The maximum Gasteiger partial charge on any atom is 0.251 e. The van der Waals surface area contributed by atoms with Crippen LogP contribution in [0.5, 0.6) is 11.5 Å². The first-order chi connectivity index (χ1) is 20.0. The van der Waals surface area contributed by atoms with Gasteiger partial charge in [-0.05, 0) is 70.6 Å². The molecule has 0 aromatic heterocycles. The number of amides is 1. The number of benzene rings is 4. The van der Waals surface area contributed by atoms with E-state index in [1.807, 2.05) is 42.5 Å². The lowest BCUT2D eigenvalue weighted by molar-refractivity contribution is 0.0947. The molecule has 0 heterocycles. The summed E-state index contributed by atoms with van der Waals surface area (Å²) in [5, 5.41) is 2.86. The molecule has 7 nitrogen and oxygen atoms in total. The van der Waals surface area contributed by atoms with Crippen LogP contribution in [0.2, 0.25) is 0 Å². The topological polar surface area (TPSA) is 84.9 Å². The molecule has 0 atom stereocenters.